The van der Waals surface area contributed by atoms with Gasteiger partial charge in [0.05, 0.1) is 24.1 Å². The molecule has 1 atom stereocenters. The van der Waals surface area contributed by atoms with Crippen LogP contribution in [0.15, 0.2) is 70.9 Å². The number of carbonyl (C=O) groups excluding carboxylic acids is 2. The van der Waals surface area contributed by atoms with Gasteiger partial charge >= 0.3 is 0 Å². The van der Waals surface area contributed by atoms with Gasteiger partial charge in [-0.15, -0.1) is 0 Å². The lowest BCUT2D eigenvalue weighted by atomic mass is 9.98. The van der Waals surface area contributed by atoms with E-state index in [-0.39, 0.29) is 11.3 Å². The number of nitrogens with zero attached hydrogens (tertiary/aromatic N) is 2. The standard InChI is InChI=1S/C24H19FN2O5/c1-26-10-12-32-18-9-4-14(13-17(18)26)22(28)20-21(19-3-2-11-31-19)27(24(30)23(20)29)16-7-5-15(25)6-8-16/h2-9,11,13,21,28H,10,12H2,1H3/b22-20-. The van der Waals surface area contributed by atoms with E-state index in [1.165, 1.54) is 35.4 Å². The van der Waals surface area contributed by atoms with Crippen LogP contribution in [0.2, 0.25) is 0 Å². The van der Waals surface area contributed by atoms with Crippen LogP contribution in [0.4, 0.5) is 15.8 Å². The maximum Gasteiger partial charge on any atom is 0.300 e. The first kappa shape index (κ1) is 19.9. The number of carbonyl (C=O) groups is 2. The average Bonchev–Trinajstić information content (AvgIpc) is 3.41. The Kier molecular flexibility index (Phi) is 4.70. The summed E-state index contributed by atoms with van der Waals surface area (Å²) in [5, 5.41) is 11.2. The largest absolute Gasteiger partial charge is 0.507 e. The van der Waals surface area contributed by atoms with Gasteiger partial charge in [-0.05, 0) is 54.6 Å². The van der Waals surface area contributed by atoms with Gasteiger partial charge in [0.25, 0.3) is 11.7 Å². The zero-order chi connectivity index (χ0) is 22.4. The molecular weight excluding hydrogens is 415 g/mol. The molecule has 1 amide bonds. The summed E-state index contributed by atoms with van der Waals surface area (Å²) in [5.41, 5.74) is 1.35. The zero-order valence-electron chi connectivity index (χ0n) is 17.1. The number of aliphatic hydroxyl groups excluding tert-OH is 1. The number of ether oxygens (including phenoxy) is 1. The molecule has 3 aromatic rings. The van der Waals surface area contributed by atoms with E-state index in [9.17, 15) is 19.1 Å². The van der Waals surface area contributed by atoms with Crippen LogP contribution >= 0.6 is 0 Å². The summed E-state index contributed by atoms with van der Waals surface area (Å²) in [6.07, 6.45) is 1.42. The fraction of sp³-hybridized carbons (Fsp3) is 0.167. The topological polar surface area (TPSA) is 83.2 Å². The van der Waals surface area contributed by atoms with E-state index in [1.54, 1.807) is 30.3 Å². The predicted molar refractivity (Wildman–Crippen MR) is 115 cm³/mol. The minimum absolute atomic E-state index is 0.103. The van der Waals surface area contributed by atoms with Gasteiger partial charge in [0, 0.05) is 18.3 Å². The van der Waals surface area contributed by atoms with Crippen molar-refractivity contribution < 1.29 is 28.2 Å². The number of rotatable bonds is 3. The number of fused-ring (bicyclic) bond motifs is 1. The third-order valence-electron chi connectivity index (χ3n) is 5.69. The normalized spacial score (nSPS) is 19.8. The van der Waals surface area contributed by atoms with Crippen LogP contribution in [-0.2, 0) is 9.59 Å². The van der Waals surface area contributed by atoms with Gasteiger partial charge in [-0.2, -0.15) is 0 Å². The molecule has 1 saturated heterocycles. The molecule has 0 saturated carbocycles. The molecule has 2 aliphatic heterocycles. The molecule has 8 heteroatoms. The summed E-state index contributed by atoms with van der Waals surface area (Å²) in [6, 6.07) is 12.5. The highest BCUT2D eigenvalue weighted by Crippen LogP contribution is 2.43. The molecule has 7 nitrogen and oxygen atoms in total. The number of likely N-dealkylation sites (N-methyl/N-ethyl adjacent to an activating group) is 1. The molecule has 0 bridgehead atoms. The second kappa shape index (κ2) is 7.56. The third-order valence-corrected chi connectivity index (χ3v) is 5.69. The third kappa shape index (κ3) is 3.11. The van der Waals surface area contributed by atoms with Crippen molar-refractivity contribution in [1.82, 2.24) is 0 Å². The molecule has 32 heavy (non-hydrogen) atoms. The Balaban J connectivity index is 1.67. The highest BCUT2D eigenvalue weighted by atomic mass is 19.1. The number of benzene rings is 2. The van der Waals surface area contributed by atoms with Crippen molar-refractivity contribution in [2.24, 2.45) is 0 Å². The molecule has 0 spiro atoms. The van der Waals surface area contributed by atoms with E-state index in [0.29, 0.717) is 35.9 Å². The van der Waals surface area contributed by atoms with Crippen molar-refractivity contribution >= 4 is 28.8 Å². The lowest BCUT2D eigenvalue weighted by Crippen LogP contribution is -2.29. The first-order valence-corrected chi connectivity index (χ1v) is 10.0. The lowest BCUT2D eigenvalue weighted by Gasteiger charge is -2.28. The number of amides is 1. The number of anilines is 2. The summed E-state index contributed by atoms with van der Waals surface area (Å²) < 4.78 is 24.6. The molecule has 2 aliphatic rings. The first-order valence-electron chi connectivity index (χ1n) is 10.0. The highest BCUT2D eigenvalue weighted by molar-refractivity contribution is 6.51. The summed E-state index contributed by atoms with van der Waals surface area (Å²) in [7, 11) is 1.90. The average molecular weight is 434 g/mol. The molecule has 162 valence electrons. The second-order valence-corrected chi connectivity index (χ2v) is 7.61. The minimum atomic E-state index is -1.000. The van der Waals surface area contributed by atoms with Gasteiger partial charge in [-0.1, -0.05) is 0 Å². The Labute approximate surface area is 182 Å². The maximum absolute atomic E-state index is 13.5. The van der Waals surface area contributed by atoms with Gasteiger partial charge in [0.15, 0.2) is 0 Å². The Morgan fingerprint density at radius 1 is 1.12 bits per heavy atom. The van der Waals surface area contributed by atoms with E-state index < -0.39 is 23.5 Å². The molecule has 1 fully saturated rings. The Morgan fingerprint density at radius 2 is 1.91 bits per heavy atom. The van der Waals surface area contributed by atoms with Crippen LogP contribution in [0.3, 0.4) is 0 Å². The smallest absolute Gasteiger partial charge is 0.300 e. The van der Waals surface area contributed by atoms with Crippen molar-refractivity contribution in [2.75, 3.05) is 30.0 Å². The van der Waals surface area contributed by atoms with Crippen molar-refractivity contribution in [1.29, 1.82) is 0 Å². The fourth-order valence-corrected chi connectivity index (χ4v) is 4.07. The lowest BCUT2D eigenvalue weighted by molar-refractivity contribution is -0.132. The van der Waals surface area contributed by atoms with Crippen LogP contribution in [-0.4, -0.2) is 37.0 Å². The summed E-state index contributed by atoms with van der Waals surface area (Å²) in [5.74, 6) is -1.51. The molecule has 1 N–H and O–H groups in total. The van der Waals surface area contributed by atoms with E-state index in [1.807, 2.05) is 11.9 Å². The number of furan rings is 1. The molecule has 1 aromatic heterocycles. The molecule has 2 aromatic carbocycles. The van der Waals surface area contributed by atoms with E-state index in [2.05, 4.69) is 0 Å². The van der Waals surface area contributed by atoms with Crippen LogP contribution in [0.5, 0.6) is 5.75 Å². The van der Waals surface area contributed by atoms with Crippen LogP contribution in [0, 0.1) is 5.82 Å². The number of Topliss-reactive ketones (excluding diaryl/α,β-unsaturated/α-hetero) is 1. The van der Waals surface area contributed by atoms with Crippen LogP contribution < -0.4 is 14.5 Å². The molecule has 1 unspecified atom stereocenters. The van der Waals surface area contributed by atoms with E-state index in [0.717, 1.165) is 5.69 Å². The summed E-state index contributed by atoms with van der Waals surface area (Å²) in [6.45, 7) is 1.23. The minimum Gasteiger partial charge on any atom is -0.507 e. The Hall–Kier alpha value is -4.07. The van der Waals surface area contributed by atoms with Crippen LogP contribution in [0.1, 0.15) is 17.4 Å². The first-order chi connectivity index (χ1) is 15.5. The molecule has 3 heterocycles. The van der Waals surface area contributed by atoms with Crippen molar-refractivity contribution in [3.8, 4) is 5.75 Å². The van der Waals surface area contributed by atoms with Gasteiger partial charge in [0.1, 0.15) is 35.7 Å². The number of hydrogen-bond acceptors (Lipinski definition) is 6. The molecule has 5 rings (SSSR count). The fourth-order valence-electron chi connectivity index (χ4n) is 4.07. The second-order valence-electron chi connectivity index (χ2n) is 7.61. The van der Waals surface area contributed by atoms with Crippen LogP contribution in [0.25, 0.3) is 5.76 Å². The van der Waals surface area contributed by atoms with Gasteiger partial charge in [-0.3, -0.25) is 14.5 Å². The SMILES string of the molecule is CN1CCOc2ccc(/C(O)=C3/C(=O)C(=O)N(c4ccc(F)cc4)C3c3ccco3)cc21. The van der Waals surface area contributed by atoms with Gasteiger partial charge in [0.2, 0.25) is 0 Å². The number of aliphatic hydroxyl groups is 1. The maximum atomic E-state index is 13.5. The highest BCUT2D eigenvalue weighted by Gasteiger charge is 2.48. The zero-order valence-corrected chi connectivity index (χ0v) is 17.1. The van der Waals surface area contributed by atoms with Gasteiger partial charge in [-0.25, -0.2) is 4.39 Å². The number of ketones is 1. The van der Waals surface area contributed by atoms with Crippen molar-refractivity contribution in [2.45, 2.75) is 6.04 Å². The molecule has 0 aliphatic carbocycles. The number of halogens is 1. The summed E-state index contributed by atoms with van der Waals surface area (Å²) >= 11 is 0. The molecule has 0 radical (unpaired) electrons. The van der Waals surface area contributed by atoms with E-state index in [4.69, 9.17) is 9.15 Å². The Bertz CT molecular complexity index is 1230. The monoisotopic (exact) mass is 434 g/mol. The van der Waals surface area contributed by atoms with Crippen molar-refractivity contribution in [3.05, 3.63) is 83.6 Å². The van der Waals surface area contributed by atoms with Crippen molar-refractivity contribution in [3.63, 3.8) is 0 Å². The molecular formula is C24H19FN2O5. The quantitative estimate of drug-likeness (QED) is 0.383. The van der Waals surface area contributed by atoms with Gasteiger partial charge < -0.3 is 19.2 Å². The predicted octanol–water partition coefficient (Wildman–Crippen LogP) is 3.87. The number of hydrogen-bond donors (Lipinski definition) is 1. The van der Waals surface area contributed by atoms with E-state index >= 15 is 0 Å². The Morgan fingerprint density at radius 3 is 2.62 bits per heavy atom. The summed E-state index contributed by atoms with van der Waals surface area (Å²) in [4.78, 5) is 29.3.